The van der Waals surface area contributed by atoms with Gasteiger partial charge in [0, 0.05) is 38.3 Å². The average Bonchev–Trinajstić information content (AvgIpc) is 3.05. The van der Waals surface area contributed by atoms with Crippen LogP contribution in [-0.2, 0) is 22.7 Å². The summed E-state index contributed by atoms with van der Waals surface area (Å²) in [5.41, 5.74) is 0.887. The van der Waals surface area contributed by atoms with Gasteiger partial charge in [-0.15, -0.1) is 5.10 Å². The highest BCUT2D eigenvalue weighted by atomic mass is 16.2. The van der Waals surface area contributed by atoms with E-state index >= 15 is 0 Å². The molecule has 3 aliphatic heterocycles. The second kappa shape index (κ2) is 7.81. The number of pyridine rings is 1. The first-order chi connectivity index (χ1) is 13.2. The topological polar surface area (TPSA) is 97.1 Å². The summed E-state index contributed by atoms with van der Waals surface area (Å²) >= 11 is 0. The molecule has 0 spiro atoms. The molecule has 9 heteroatoms. The zero-order valence-corrected chi connectivity index (χ0v) is 15.1. The average molecular weight is 369 g/mol. The van der Waals surface area contributed by atoms with Gasteiger partial charge in [0.15, 0.2) is 0 Å². The fraction of sp³-hybridized carbons (Fsp3) is 0.556. The lowest BCUT2D eigenvalue weighted by Gasteiger charge is -2.35. The van der Waals surface area contributed by atoms with Crippen molar-refractivity contribution < 1.29 is 9.59 Å². The number of rotatable bonds is 6. The fourth-order valence-electron chi connectivity index (χ4n) is 3.95. The van der Waals surface area contributed by atoms with E-state index in [0.29, 0.717) is 39.0 Å². The summed E-state index contributed by atoms with van der Waals surface area (Å²) in [4.78, 5) is 33.7. The lowest BCUT2D eigenvalue weighted by atomic mass is 9.94. The molecule has 0 N–H and O–H groups in total. The van der Waals surface area contributed by atoms with E-state index in [4.69, 9.17) is 0 Å². The van der Waals surface area contributed by atoms with Crippen LogP contribution in [0.25, 0.3) is 0 Å². The maximum atomic E-state index is 12.9. The standard InChI is InChI=1S/C18H23N7O2/c26-17(5-3-9-24-13-20-21-22-24)23-10-14-6-7-16(12-23)25(18(14)27)11-15-4-1-2-8-19-15/h1-2,4,8,13-14,16H,3,5-7,9-12H2/t14-,16+/m0/s1. The first-order valence-electron chi connectivity index (χ1n) is 9.39. The van der Waals surface area contributed by atoms with Gasteiger partial charge in [-0.2, -0.15) is 0 Å². The van der Waals surface area contributed by atoms with E-state index in [0.717, 1.165) is 18.5 Å². The highest BCUT2D eigenvalue weighted by Gasteiger charge is 2.41. The maximum absolute atomic E-state index is 12.9. The van der Waals surface area contributed by atoms with Gasteiger partial charge in [-0.05, 0) is 41.8 Å². The molecule has 2 aromatic rings. The van der Waals surface area contributed by atoms with E-state index < -0.39 is 0 Å². The second-order valence-electron chi connectivity index (χ2n) is 7.19. The van der Waals surface area contributed by atoms with Crippen LogP contribution in [0.1, 0.15) is 31.4 Å². The van der Waals surface area contributed by atoms with Crippen LogP contribution in [0.3, 0.4) is 0 Å². The van der Waals surface area contributed by atoms with Crippen LogP contribution in [0, 0.1) is 5.92 Å². The number of carbonyl (C=O) groups excluding carboxylic acids is 2. The van der Waals surface area contributed by atoms with E-state index in [2.05, 4.69) is 20.5 Å². The zero-order chi connectivity index (χ0) is 18.6. The van der Waals surface area contributed by atoms with Gasteiger partial charge in [-0.3, -0.25) is 14.6 Å². The number of fused-ring (bicyclic) bond motifs is 4. The van der Waals surface area contributed by atoms with Gasteiger partial charge in [0.1, 0.15) is 6.33 Å². The molecule has 3 fully saturated rings. The van der Waals surface area contributed by atoms with Crippen molar-refractivity contribution in [3.05, 3.63) is 36.4 Å². The largest absolute Gasteiger partial charge is 0.340 e. The molecular weight excluding hydrogens is 346 g/mol. The number of aromatic nitrogens is 5. The molecule has 9 nitrogen and oxygen atoms in total. The molecule has 0 aromatic carbocycles. The van der Waals surface area contributed by atoms with Gasteiger partial charge in [0.05, 0.1) is 18.2 Å². The number of aryl methyl sites for hydroxylation is 1. The quantitative estimate of drug-likeness (QED) is 0.735. The van der Waals surface area contributed by atoms with Crippen LogP contribution in [0.2, 0.25) is 0 Å². The van der Waals surface area contributed by atoms with Crippen LogP contribution in [0.4, 0.5) is 0 Å². The third-order valence-electron chi connectivity index (χ3n) is 5.37. The van der Waals surface area contributed by atoms with E-state index in [1.165, 1.54) is 0 Å². The smallest absolute Gasteiger partial charge is 0.228 e. The lowest BCUT2D eigenvalue weighted by molar-refractivity contribution is -0.140. The van der Waals surface area contributed by atoms with Crippen LogP contribution < -0.4 is 0 Å². The van der Waals surface area contributed by atoms with Gasteiger partial charge in [0.2, 0.25) is 11.8 Å². The molecular formula is C18H23N7O2. The molecule has 3 saturated heterocycles. The van der Waals surface area contributed by atoms with E-state index in [1.807, 2.05) is 28.0 Å². The number of piperidine rings is 1. The predicted molar refractivity (Wildman–Crippen MR) is 94.9 cm³/mol. The molecule has 27 heavy (non-hydrogen) atoms. The third kappa shape index (κ3) is 3.96. The lowest BCUT2D eigenvalue weighted by Crippen LogP contribution is -2.47. The molecule has 0 saturated carbocycles. The Morgan fingerprint density at radius 2 is 2.15 bits per heavy atom. The van der Waals surface area contributed by atoms with Gasteiger partial charge < -0.3 is 9.80 Å². The second-order valence-corrected chi connectivity index (χ2v) is 7.19. The molecule has 3 aliphatic rings. The number of nitrogens with zero attached hydrogens (tertiary/aromatic N) is 7. The first kappa shape index (κ1) is 17.6. The molecule has 0 aliphatic carbocycles. The van der Waals surface area contributed by atoms with Crippen LogP contribution in [-0.4, -0.2) is 65.9 Å². The summed E-state index contributed by atoms with van der Waals surface area (Å²) in [7, 11) is 0. The Labute approximate surface area is 157 Å². The van der Waals surface area contributed by atoms with Crippen molar-refractivity contribution >= 4 is 11.8 Å². The number of tetrazole rings is 1. The van der Waals surface area contributed by atoms with Gasteiger partial charge in [-0.25, -0.2) is 4.68 Å². The van der Waals surface area contributed by atoms with Crippen molar-refractivity contribution in [1.29, 1.82) is 0 Å². The van der Waals surface area contributed by atoms with Crippen molar-refractivity contribution in [2.24, 2.45) is 5.92 Å². The van der Waals surface area contributed by atoms with Crippen LogP contribution in [0.5, 0.6) is 0 Å². The Balaban J connectivity index is 1.38. The molecule has 142 valence electrons. The first-order valence-corrected chi connectivity index (χ1v) is 9.39. The summed E-state index contributed by atoms with van der Waals surface area (Å²) < 4.78 is 1.62. The molecule has 2 atom stereocenters. The van der Waals surface area contributed by atoms with Crippen molar-refractivity contribution in [3.8, 4) is 0 Å². The van der Waals surface area contributed by atoms with E-state index in [-0.39, 0.29) is 23.8 Å². The molecule has 0 unspecified atom stereocenters. The maximum Gasteiger partial charge on any atom is 0.228 e. The van der Waals surface area contributed by atoms with Crippen LogP contribution in [0.15, 0.2) is 30.7 Å². The minimum absolute atomic E-state index is 0.0710. The van der Waals surface area contributed by atoms with Crippen molar-refractivity contribution in [2.75, 3.05) is 13.1 Å². The Bertz CT molecular complexity index is 780. The highest BCUT2D eigenvalue weighted by Crippen LogP contribution is 2.30. The summed E-state index contributed by atoms with van der Waals surface area (Å²) in [6, 6.07) is 5.81. The minimum atomic E-state index is -0.101. The van der Waals surface area contributed by atoms with Crippen LogP contribution >= 0.6 is 0 Å². The molecule has 2 bridgehead atoms. The fourth-order valence-corrected chi connectivity index (χ4v) is 3.95. The number of hydrogen-bond donors (Lipinski definition) is 0. The van der Waals surface area contributed by atoms with Crippen molar-refractivity contribution in [2.45, 2.75) is 44.8 Å². The molecule has 5 rings (SSSR count). The number of carbonyl (C=O) groups is 2. The van der Waals surface area contributed by atoms with Crippen molar-refractivity contribution in [1.82, 2.24) is 35.0 Å². The summed E-state index contributed by atoms with van der Waals surface area (Å²) in [5, 5.41) is 11.0. The monoisotopic (exact) mass is 369 g/mol. The minimum Gasteiger partial charge on any atom is -0.340 e. The summed E-state index contributed by atoms with van der Waals surface area (Å²) in [5.74, 6) is 0.157. The Morgan fingerprint density at radius 3 is 2.93 bits per heavy atom. The normalized spacial score (nSPS) is 22.1. The Hall–Kier alpha value is -2.84. The highest BCUT2D eigenvalue weighted by molar-refractivity contribution is 5.83. The Kier molecular flexibility index (Phi) is 5.08. The van der Waals surface area contributed by atoms with E-state index in [9.17, 15) is 9.59 Å². The number of amides is 2. The van der Waals surface area contributed by atoms with Gasteiger partial charge in [-0.1, -0.05) is 6.07 Å². The predicted octanol–water partition coefficient (Wildman–Crippen LogP) is 0.498. The van der Waals surface area contributed by atoms with Gasteiger partial charge in [0.25, 0.3) is 0 Å². The van der Waals surface area contributed by atoms with E-state index in [1.54, 1.807) is 17.2 Å². The number of hydrogen-bond acceptors (Lipinski definition) is 6. The summed E-state index contributed by atoms with van der Waals surface area (Å²) in [6.07, 6.45) is 6.21. The molecule has 5 heterocycles. The summed E-state index contributed by atoms with van der Waals surface area (Å²) in [6.45, 7) is 2.27. The Morgan fingerprint density at radius 1 is 1.22 bits per heavy atom. The SMILES string of the molecule is O=C(CCCn1cnnn1)N1C[C@@H]2CC[C@H](C1)N(Cc1ccccn1)C2=O. The van der Waals surface area contributed by atoms with Crippen molar-refractivity contribution in [3.63, 3.8) is 0 Å². The molecule has 2 amide bonds. The molecule has 0 radical (unpaired) electrons. The third-order valence-corrected chi connectivity index (χ3v) is 5.37. The zero-order valence-electron chi connectivity index (χ0n) is 15.1. The molecule has 2 aromatic heterocycles. The van der Waals surface area contributed by atoms with Gasteiger partial charge >= 0.3 is 0 Å².